The van der Waals surface area contributed by atoms with Gasteiger partial charge >= 0.3 is 0 Å². The SMILES string of the molecule is COc1ccc2c(c1)[nH]c1c(N3CCN(C)CC3)ncnc12. The first-order valence-corrected chi connectivity index (χ1v) is 7.50. The van der Waals surface area contributed by atoms with Crippen molar-refractivity contribution in [3.8, 4) is 5.75 Å². The van der Waals surface area contributed by atoms with E-state index in [0.29, 0.717) is 0 Å². The summed E-state index contributed by atoms with van der Waals surface area (Å²) >= 11 is 0. The van der Waals surface area contributed by atoms with E-state index in [9.17, 15) is 0 Å². The maximum atomic E-state index is 5.30. The standard InChI is InChI=1S/C16H19N5O/c1-20-5-7-21(8-6-20)16-15-14(17-10-18-16)12-4-3-11(22-2)9-13(12)19-15/h3-4,9-10,19H,5-8H2,1-2H3. The second kappa shape index (κ2) is 5.14. The van der Waals surface area contributed by atoms with Gasteiger partial charge in [0.25, 0.3) is 0 Å². The number of hydrogen-bond donors (Lipinski definition) is 1. The lowest BCUT2D eigenvalue weighted by Gasteiger charge is -2.33. The molecular formula is C16H19N5O. The molecule has 6 heteroatoms. The lowest BCUT2D eigenvalue weighted by Crippen LogP contribution is -2.44. The number of nitrogens with one attached hydrogen (secondary N) is 1. The fourth-order valence-electron chi connectivity index (χ4n) is 3.05. The molecule has 1 fully saturated rings. The number of anilines is 1. The lowest BCUT2D eigenvalue weighted by atomic mass is 10.2. The molecule has 0 unspecified atom stereocenters. The Morgan fingerprint density at radius 1 is 1.14 bits per heavy atom. The van der Waals surface area contributed by atoms with Crippen LogP contribution in [0.3, 0.4) is 0 Å². The molecule has 2 aromatic heterocycles. The molecule has 4 rings (SSSR count). The maximum Gasteiger partial charge on any atom is 0.156 e. The number of nitrogens with zero attached hydrogens (tertiary/aromatic N) is 4. The number of methoxy groups -OCH3 is 1. The van der Waals surface area contributed by atoms with Crippen LogP contribution in [0.5, 0.6) is 5.75 Å². The summed E-state index contributed by atoms with van der Waals surface area (Å²) in [7, 11) is 3.83. The molecule has 114 valence electrons. The van der Waals surface area contributed by atoms with E-state index < -0.39 is 0 Å². The van der Waals surface area contributed by atoms with Gasteiger partial charge < -0.3 is 19.5 Å². The van der Waals surface area contributed by atoms with E-state index in [-0.39, 0.29) is 0 Å². The van der Waals surface area contributed by atoms with Crippen LogP contribution in [-0.2, 0) is 0 Å². The van der Waals surface area contributed by atoms with Gasteiger partial charge in [-0.05, 0) is 19.2 Å². The third-order valence-corrected chi connectivity index (χ3v) is 4.37. The molecule has 0 bridgehead atoms. The summed E-state index contributed by atoms with van der Waals surface area (Å²) in [6, 6.07) is 6.02. The Balaban J connectivity index is 1.85. The van der Waals surface area contributed by atoms with E-state index in [1.54, 1.807) is 13.4 Å². The highest BCUT2D eigenvalue weighted by atomic mass is 16.5. The number of benzene rings is 1. The second-order valence-corrected chi connectivity index (χ2v) is 5.75. The van der Waals surface area contributed by atoms with Crippen LogP contribution in [0.25, 0.3) is 21.9 Å². The lowest BCUT2D eigenvalue weighted by molar-refractivity contribution is 0.312. The van der Waals surface area contributed by atoms with Crippen LogP contribution in [-0.4, -0.2) is 60.2 Å². The predicted octanol–water partition coefficient (Wildman–Crippen LogP) is 1.87. The first-order valence-electron chi connectivity index (χ1n) is 7.50. The minimum atomic E-state index is 0.841. The van der Waals surface area contributed by atoms with Crippen LogP contribution >= 0.6 is 0 Å². The van der Waals surface area contributed by atoms with Gasteiger partial charge in [0.1, 0.15) is 23.1 Å². The first kappa shape index (κ1) is 13.3. The first-order chi connectivity index (χ1) is 10.8. The van der Waals surface area contributed by atoms with Gasteiger partial charge in [-0.15, -0.1) is 0 Å². The molecule has 1 aromatic carbocycles. The Morgan fingerprint density at radius 3 is 2.73 bits per heavy atom. The van der Waals surface area contributed by atoms with Crippen molar-refractivity contribution in [1.29, 1.82) is 0 Å². The van der Waals surface area contributed by atoms with Crippen LogP contribution in [0.1, 0.15) is 0 Å². The van der Waals surface area contributed by atoms with Crippen LogP contribution in [0.4, 0.5) is 5.82 Å². The number of likely N-dealkylation sites (N-methyl/N-ethyl adjacent to an activating group) is 1. The number of aromatic nitrogens is 3. The number of aromatic amines is 1. The smallest absolute Gasteiger partial charge is 0.156 e. The molecule has 6 nitrogen and oxygen atoms in total. The van der Waals surface area contributed by atoms with Gasteiger partial charge in [0.05, 0.1) is 12.6 Å². The minimum Gasteiger partial charge on any atom is -0.497 e. The molecule has 1 saturated heterocycles. The van der Waals surface area contributed by atoms with Crippen molar-refractivity contribution in [1.82, 2.24) is 19.9 Å². The normalized spacial score (nSPS) is 16.5. The fraction of sp³-hybridized carbons (Fsp3) is 0.375. The maximum absolute atomic E-state index is 5.30. The molecular weight excluding hydrogens is 278 g/mol. The third-order valence-electron chi connectivity index (χ3n) is 4.37. The fourth-order valence-corrected chi connectivity index (χ4v) is 3.05. The Hall–Kier alpha value is -2.34. The molecule has 22 heavy (non-hydrogen) atoms. The zero-order chi connectivity index (χ0) is 15.1. The molecule has 0 saturated carbocycles. The monoisotopic (exact) mass is 297 g/mol. The van der Waals surface area contributed by atoms with Gasteiger partial charge in [0, 0.05) is 37.6 Å². The van der Waals surface area contributed by atoms with Crippen molar-refractivity contribution in [2.45, 2.75) is 0 Å². The molecule has 0 amide bonds. The molecule has 0 aliphatic carbocycles. The zero-order valence-corrected chi connectivity index (χ0v) is 12.8. The Bertz CT molecular complexity index is 820. The average molecular weight is 297 g/mol. The van der Waals surface area contributed by atoms with Gasteiger partial charge in [-0.2, -0.15) is 0 Å². The molecule has 1 aliphatic heterocycles. The highest BCUT2D eigenvalue weighted by molar-refractivity contribution is 6.08. The van der Waals surface area contributed by atoms with Crippen molar-refractivity contribution in [2.75, 3.05) is 45.2 Å². The number of ether oxygens (including phenoxy) is 1. The van der Waals surface area contributed by atoms with Crippen LogP contribution in [0.15, 0.2) is 24.5 Å². The third kappa shape index (κ3) is 2.07. The van der Waals surface area contributed by atoms with Crippen LogP contribution < -0.4 is 9.64 Å². The minimum absolute atomic E-state index is 0.841. The molecule has 3 heterocycles. The topological polar surface area (TPSA) is 57.3 Å². The van der Waals surface area contributed by atoms with Gasteiger partial charge in [0.15, 0.2) is 5.82 Å². The van der Waals surface area contributed by atoms with Gasteiger partial charge in [-0.3, -0.25) is 0 Å². The van der Waals surface area contributed by atoms with E-state index in [1.165, 1.54) is 0 Å². The summed E-state index contributed by atoms with van der Waals surface area (Å²) in [4.78, 5) is 17.1. The number of piperazine rings is 1. The number of rotatable bonds is 2. The van der Waals surface area contributed by atoms with Crippen LogP contribution in [0, 0.1) is 0 Å². The molecule has 0 radical (unpaired) electrons. The van der Waals surface area contributed by atoms with E-state index >= 15 is 0 Å². The summed E-state index contributed by atoms with van der Waals surface area (Å²) in [6.45, 7) is 4.09. The van der Waals surface area contributed by atoms with Crippen molar-refractivity contribution in [2.24, 2.45) is 0 Å². The van der Waals surface area contributed by atoms with Crippen molar-refractivity contribution >= 4 is 27.8 Å². The van der Waals surface area contributed by atoms with E-state index in [1.807, 2.05) is 18.2 Å². The zero-order valence-electron chi connectivity index (χ0n) is 12.8. The largest absolute Gasteiger partial charge is 0.497 e. The van der Waals surface area contributed by atoms with Crippen molar-refractivity contribution in [3.63, 3.8) is 0 Å². The molecule has 3 aromatic rings. The Kier molecular flexibility index (Phi) is 3.11. The predicted molar refractivity (Wildman–Crippen MR) is 87.7 cm³/mol. The number of H-pyrrole nitrogens is 1. The summed E-state index contributed by atoms with van der Waals surface area (Å²) in [5.41, 5.74) is 3.02. The quantitative estimate of drug-likeness (QED) is 0.782. The molecule has 0 spiro atoms. The second-order valence-electron chi connectivity index (χ2n) is 5.75. The number of fused-ring (bicyclic) bond motifs is 3. The highest BCUT2D eigenvalue weighted by Crippen LogP contribution is 2.31. The number of hydrogen-bond acceptors (Lipinski definition) is 5. The van der Waals surface area contributed by atoms with Crippen molar-refractivity contribution in [3.05, 3.63) is 24.5 Å². The van der Waals surface area contributed by atoms with E-state index in [0.717, 1.165) is 59.7 Å². The Morgan fingerprint density at radius 2 is 1.95 bits per heavy atom. The molecule has 1 N–H and O–H groups in total. The summed E-state index contributed by atoms with van der Waals surface area (Å²) in [5.74, 6) is 1.83. The summed E-state index contributed by atoms with van der Waals surface area (Å²) < 4.78 is 5.30. The molecule has 0 atom stereocenters. The summed E-state index contributed by atoms with van der Waals surface area (Å²) in [5, 5.41) is 1.11. The Labute approximate surface area is 128 Å². The van der Waals surface area contributed by atoms with Crippen molar-refractivity contribution < 1.29 is 4.74 Å². The van der Waals surface area contributed by atoms with Gasteiger partial charge in [0.2, 0.25) is 0 Å². The highest BCUT2D eigenvalue weighted by Gasteiger charge is 2.19. The van der Waals surface area contributed by atoms with Gasteiger partial charge in [-0.1, -0.05) is 0 Å². The summed E-state index contributed by atoms with van der Waals surface area (Å²) in [6.07, 6.45) is 1.66. The average Bonchev–Trinajstić information content (AvgIpc) is 2.93. The van der Waals surface area contributed by atoms with E-state index in [2.05, 4.69) is 31.8 Å². The molecule has 1 aliphatic rings. The van der Waals surface area contributed by atoms with Crippen LogP contribution in [0.2, 0.25) is 0 Å². The van der Waals surface area contributed by atoms with Gasteiger partial charge in [-0.25, -0.2) is 9.97 Å². The van der Waals surface area contributed by atoms with E-state index in [4.69, 9.17) is 4.74 Å².